The van der Waals surface area contributed by atoms with Gasteiger partial charge in [-0.25, -0.2) is 9.59 Å². The summed E-state index contributed by atoms with van der Waals surface area (Å²) in [5.41, 5.74) is -0.293. The van der Waals surface area contributed by atoms with Gasteiger partial charge in [0.15, 0.2) is 0 Å². The van der Waals surface area contributed by atoms with Crippen LogP contribution in [-0.4, -0.2) is 82.2 Å². The third-order valence-corrected chi connectivity index (χ3v) is 10.8. The number of rotatable bonds is 18. The zero-order valence-corrected chi connectivity index (χ0v) is 36.5. The maximum atomic E-state index is 12.2. The summed E-state index contributed by atoms with van der Waals surface area (Å²) in [6.07, 6.45) is 10.2. The number of hydrogen-bond acceptors (Lipinski definition) is 12. The summed E-state index contributed by atoms with van der Waals surface area (Å²) in [5.74, 6) is -0.606. The lowest BCUT2D eigenvalue weighted by Gasteiger charge is -2.40. The van der Waals surface area contributed by atoms with Crippen LogP contribution in [0.1, 0.15) is 126 Å². The Labute approximate surface area is 341 Å². The van der Waals surface area contributed by atoms with Gasteiger partial charge in [-0.2, -0.15) is 0 Å². The molecule has 0 aromatic heterocycles. The molecule has 2 fully saturated rings. The van der Waals surface area contributed by atoms with Crippen LogP contribution in [0.15, 0.2) is 43.0 Å². The van der Waals surface area contributed by atoms with Crippen LogP contribution in [0.25, 0.3) is 6.08 Å². The average Bonchev–Trinajstić information content (AvgIpc) is 3.19. The molecule has 0 atom stereocenters. The molecule has 0 radical (unpaired) electrons. The van der Waals surface area contributed by atoms with E-state index >= 15 is 0 Å². The Morgan fingerprint density at radius 3 is 1.61 bits per heavy atom. The molecule has 1 aromatic rings. The largest absolute Gasteiger partial charge is 0.497 e. The Hall–Kier alpha value is -4.19. The van der Waals surface area contributed by atoms with Crippen LogP contribution in [0.3, 0.4) is 0 Å². The molecule has 322 valence electrons. The predicted octanol–water partition coefficient (Wildman–Crippen LogP) is 8.63. The van der Waals surface area contributed by atoms with Crippen LogP contribution in [0.2, 0.25) is 0 Å². The first-order valence-corrected chi connectivity index (χ1v) is 20.2. The molecule has 3 rings (SSSR count). The summed E-state index contributed by atoms with van der Waals surface area (Å²) >= 11 is 0. The zero-order valence-electron chi connectivity index (χ0n) is 36.5. The molecular weight excluding hydrogens is 732 g/mol. The Kier molecular flexibility index (Phi) is 21.9. The number of benzene rings is 1. The minimum atomic E-state index is -0.513. The molecule has 1 heterocycles. The normalized spacial score (nSPS) is 17.5. The van der Waals surface area contributed by atoms with E-state index in [0.717, 1.165) is 62.7 Å². The Bertz CT molecular complexity index is 1440. The molecule has 12 nitrogen and oxygen atoms in total. The monoisotopic (exact) mass is 802 g/mol. The molecule has 0 amide bonds. The molecule has 0 N–H and O–H groups in total. The first-order valence-electron chi connectivity index (χ1n) is 20.2. The highest BCUT2D eigenvalue weighted by Gasteiger charge is 2.39. The minimum absolute atomic E-state index is 0.0659. The van der Waals surface area contributed by atoms with Crippen molar-refractivity contribution in [3.8, 4) is 5.75 Å². The van der Waals surface area contributed by atoms with Crippen molar-refractivity contribution in [3.63, 3.8) is 0 Å². The van der Waals surface area contributed by atoms with E-state index in [4.69, 9.17) is 28.4 Å². The van der Waals surface area contributed by atoms with E-state index in [-0.39, 0.29) is 60.1 Å². The molecule has 1 aliphatic carbocycles. The first-order chi connectivity index (χ1) is 26.7. The fourth-order valence-corrected chi connectivity index (χ4v) is 4.82. The number of methoxy groups -OCH3 is 1. The standard InChI is InChI=1S/C22H30O5.C12H22O3.C11H18O4/c1-5-22(2,3)21(24)27-19-13-11-18(12-14-19)26-20(23)15-8-16-6-9-17(25-4)10-7-16;1-5-11(3,4)10(13)15-9-12(6-2)7-14-8-12;1-5-9(12)14-7-8-15-10(13)11(3,4)6-2/h6-10,15,18-19H,5,11-14H2,1-4H3;5-9H2,1-4H3;5H,1,6-8H2,2-4H3/b15-8+;;. The van der Waals surface area contributed by atoms with Gasteiger partial charge in [-0.3, -0.25) is 14.4 Å². The highest BCUT2D eigenvalue weighted by molar-refractivity contribution is 5.87. The second kappa shape index (κ2) is 24.6. The maximum Gasteiger partial charge on any atom is 0.331 e. The van der Waals surface area contributed by atoms with Crippen molar-refractivity contribution in [2.45, 2.75) is 133 Å². The molecule has 12 heteroatoms. The number of carbonyl (C=O) groups excluding carboxylic acids is 5. The third-order valence-electron chi connectivity index (χ3n) is 10.8. The van der Waals surface area contributed by atoms with Gasteiger partial charge in [0.05, 0.1) is 42.0 Å². The minimum Gasteiger partial charge on any atom is -0.497 e. The quantitative estimate of drug-likeness (QED) is 0.0605. The van der Waals surface area contributed by atoms with Crippen LogP contribution >= 0.6 is 0 Å². The van der Waals surface area contributed by atoms with Crippen molar-refractivity contribution in [1.82, 2.24) is 0 Å². The van der Waals surface area contributed by atoms with Gasteiger partial charge >= 0.3 is 29.8 Å². The highest BCUT2D eigenvalue weighted by atomic mass is 16.6. The summed E-state index contributed by atoms with van der Waals surface area (Å²) in [7, 11) is 1.61. The summed E-state index contributed by atoms with van der Waals surface area (Å²) in [5, 5.41) is 0. The Balaban J connectivity index is 0.000000463. The van der Waals surface area contributed by atoms with Gasteiger partial charge in [-0.05, 0) is 117 Å². The number of ether oxygens (including phenoxy) is 7. The van der Waals surface area contributed by atoms with E-state index in [9.17, 15) is 24.0 Å². The molecule has 1 aromatic carbocycles. The van der Waals surface area contributed by atoms with Gasteiger partial charge in [0, 0.05) is 12.2 Å². The van der Waals surface area contributed by atoms with E-state index in [0.29, 0.717) is 25.9 Å². The molecule has 0 unspecified atom stereocenters. The number of esters is 5. The summed E-state index contributed by atoms with van der Waals surface area (Å²) in [6.45, 7) is 24.6. The lowest BCUT2D eigenvalue weighted by Crippen LogP contribution is -2.47. The van der Waals surface area contributed by atoms with Crippen molar-refractivity contribution in [2.24, 2.45) is 21.7 Å². The maximum absolute atomic E-state index is 12.2. The van der Waals surface area contributed by atoms with Crippen LogP contribution in [0.5, 0.6) is 5.75 Å². The van der Waals surface area contributed by atoms with E-state index in [1.807, 2.05) is 86.6 Å². The van der Waals surface area contributed by atoms with Crippen LogP contribution in [-0.2, 0) is 52.4 Å². The topological polar surface area (TPSA) is 150 Å². The summed E-state index contributed by atoms with van der Waals surface area (Å²) in [4.78, 5) is 58.0. The van der Waals surface area contributed by atoms with Gasteiger partial charge in [0.1, 0.15) is 37.8 Å². The second-order valence-corrected chi connectivity index (χ2v) is 16.5. The predicted molar refractivity (Wildman–Crippen MR) is 219 cm³/mol. The number of carbonyl (C=O) groups is 5. The molecule has 0 spiro atoms. The van der Waals surface area contributed by atoms with Gasteiger partial charge in [-0.1, -0.05) is 46.4 Å². The number of hydrogen-bond donors (Lipinski definition) is 0. The molecule has 1 saturated heterocycles. The van der Waals surface area contributed by atoms with E-state index in [1.54, 1.807) is 13.2 Å². The fourth-order valence-electron chi connectivity index (χ4n) is 4.82. The smallest absolute Gasteiger partial charge is 0.331 e. The van der Waals surface area contributed by atoms with Gasteiger partial charge in [0.2, 0.25) is 0 Å². The summed E-state index contributed by atoms with van der Waals surface area (Å²) < 4.78 is 36.4. The van der Waals surface area contributed by atoms with Crippen molar-refractivity contribution >= 4 is 35.9 Å². The van der Waals surface area contributed by atoms with Crippen molar-refractivity contribution in [3.05, 3.63) is 48.6 Å². The Morgan fingerprint density at radius 1 is 0.702 bits per heavy atom. The van der Waals surface area contributed by atoms with Gasteiger partial charge < -0.3 is 33.2 Å². The summed E-state index contributed by atoms with van der Waals surface area (Å²) in [6, 6.07) is 7.43. The van der Waals surface area contributed by atoms with Gasteiger partial charge in [-0.15, -0.1) is 0 Å². The zero-order chi connectivity index (χ0) is 43.3. The molecule has 57 heavy (non-hydrogen) atoms. The van der Waals surface area contributed by atoms with Crippen molar-refractivity contribution in [1.29, 1.82) is 0 Å². The van der Waals surface area contributed by atoms with Crippen LogP contribution < -0.4 is 4.74 Å². The lowest BCUT2D eigenvalue weighted by atomic mass is 9.84. The van der Waals surface area contributed by atoms with E-state index < -0.39 is 16.8 Å². The van der Waals surface area contributed by atoms with Crippen LogP contribution in [0.4, 0.5) is 0 Å². The molecule has 0 bridgehead atoms. The second-order valence-electron chi connectivity index (χ2n) is 16.5. The fraction of sp³-hybridized carbons (Fsp3) is 0.667. The Morgan fingerprint density at radius 2 is 1.18 bits per heavy atom. The van der Waals surface area contributed by atoms with Crippen molar-refractivity contribution < 1.29 is 57.1 Å². The van der Waals surface area contributed by atoms with E-state index in [1.165, 1.54) is 6.08 Å². The third kappa shape index (κ3) is 18.3. The molecular formula is C45H70O12. The SMILES string of the molecule is C=CC(=O)OCCOC(=O)C(C)(C)CC.CCC(C)(C)C(=O)OC1CCC(OC(=O)/C=C/c2ccc(OC)cc2)CC1.CCC1(COC(=O)C(C)(C)CC)COC1. The highest BCUT2D eigenvalue weighted by Crippen LogP contribution is 2.33. The molecule has 1 saturated carbocycles. The van der Waals surface area contributed by atoms with Crippen LogP contribution in [0, 0.1) is 21.7 Å². The molecule has 2 aliphatic rings. The van der Waals surface area contributed by atoms with Crippen molar-refractivity contribution in [2.75, 3.05) is 40.1 Å². The lowest BCUT2D eigenvalue weighted by molar-refractivity contribution is -0.178. The first kappa shape index (κ1) is 50.8. The molecule has 1 aliphatic heterocycles. The van der Waals surface area contributed by atoms with E-state index in [2.05, 4.69) is 18.2 Å². The average molecular weight is 803 g/mol. The van der Waals surface area contributed by atoms with Gasteiger partial charge in [0.25, 0.3) is 0 Å².